The van der Waals surface area contributed by atoms with Crippen molar-refractivity contribution in [3.63, 3.8) is 0 Å². The number of halogens is 2. The van der Waals surface area contributed by atoms with Crippen LogP contribution >= 0.6 is 11.6 Å². The lowest BCUT2D eigenvalue weighted by molar-refractivity contribution is 0.318. The highest BCUT2D eigenvalue weighted by molar-refractivity contribution is 6.31. The van der Waals surface area contributed by atoms with Crippen LogP contribution in [-0.4, -0.2) is 11.0 Å². The molecule has 0 radical (unpaired) electrons. The monoisotopic (exact) mass is 294 g/mol. The molecule has 20 heavy (non-hydrogen) atoms. The fraction of sp³-hybridized carbons (Fsp3) is 0.0714. The first-order valence-corrected chi connectivity index (χ1v) is 6.10. The molecule has 2 aromatic rings. The molecule has 2 aromatic carbocycles. The number of hydrogen-bond acceptors (Lipinski definition) is 3. The fourth-order valence-electron chi connectivity index (χ4n) is 1.65. The van der Waals surface area contributed by atoms with Crippen LogP contribution in [0.1, 0.15) is 11.1 Å². The molecule has 2 rings (SSSR count). The Balaban J connectivity index is 2.46. The summed E-state index contributed by atoms with van der Waals surface area (Å²) in [5.74, 6) is 0.110. The predicted molar refractivity (Wildman–Crippen MR) is 75.2 cm³/mol. The van der Waals surface area contributed by atoms with E-state index in [9.17, 15) is 4.39 Å². The largest absolute Gasteiger partial charge is 0.456 e. The zero-order valence-electron chi connectivity index (χ0n) is 10.6. The Morgan fingerprint density at radius 3 is 2.70 bits per heavy atom. The third-order valence-corrected chi connectivity index (χ3v) is 2.93. The first kappa shape index (κ1) is 14.1. The summed E-state index contributed by atoms with van der Waals surface area (Å²) in [4.78, 5) is 0. The van der Waals surface area contributed by atoms with E-state index in [0.29, 0.717) is 22.1 Å². The maximum absolute atomic E-state index is 13.2. The van der Waals surface area contributed by atoms with Gasteiger partial charge in [0.1, 0.15) is 17.3 Å². The molecular formula is C14H12ClFN2O2. The van der Waals surface area contributed by atoms with E-state index in [-0.39, 0.29) is 5.84 Å². The lowest BCUT2D eigenvalue weighted by Gasteiger charge is -2.12. The van der Waals surface area contributed by atoms with Gasteiger partial charge < -0.3 is 15.7 Å². The zero-order valence-corrected chi connectivity index (χ0v) is 11.4. The Bertz CT molecular complexity index is 674. The molecule has 0 saturated heterocycles. The quantitative estimate of drug-likeness (QED) is 0.393. The van der Waals surface area contributed by atoms with Crippen LogP contribution in [0, 0.1) is 12.7 Å². The van der Waals surface area contributed by atoms with Crippen molar-refractivity contribution in [3.05, 3.63) is 58.4 Å². The number of ether oxygens (including phenoxy) is 1. The molecule has 0 heterocycles. The van der Waals surface area contributed by atoms with Crippen molar-refractivity contribution in [3.8, 4) is 11.5 Å². The Labute approximate surface area is 120 Å². The highest BCUT2D eigenvalue weighted by Crippen LogP contribution is 2.30. The minimum Gasteiger partial charge on any atom is -0.456 e. The SMILES string of the molecule is Cc1ccc(F)cc1Oc1ccc(Cl)cc1/C(N)=N/O. The van der Waals surface area contributed by atoms with Crippen LogP contribution in [0.4, 0.5) is 4.39 Å². The molecule has 0 saturated carbocycles. The highest BCUT2D eigenvalue weighted by Gasteiger charge is 2.12. The van der Waals surface area contributed by atoms with Gasteiger partial charge in [0.2, 0.25) is 0 Å². The molecule has 0 aromatic heterocycles. The minimum atomic E-state index is -0.412. The van der Waals surface area contributed by atoms with Crippen LogP contribution in [0.3, 0.4) is 0 Å². The van der Waals surface area contributed by atoms with E-state index in [1.165, 1.54) is 18.2 Å². The molecule has 0 unspecified atom stereocenters. The van der Waals surface area contributed by atoms with Crippen LogP contribution < -0.4 is 10.5 Å². The van der Waals surface area contributed by atoms with E-state index < -0.39 is 5.82 Å². The summed E-state index contributed by atoms with van der Waals surface area (Å²) in [5, 5.41) is 12.1. The number of nitrogens with zero attached hydrogens (tertiary/aromatic N) is 1. The second-order valence-electron chi connectivity index (χ2n) is 4.14. The second kappa shape index (κ2) is 5.79. The maximum atomic E-state index is 13.2. The van der Waals surface area contributed by atoms with Gasteiger partial charge >= 0.3 is 0 Å². The Morgan fingerprint density at radius 1 is 1.25 bits per heavy atom. The molecule has 0 aliphatic carbocycles. The number of benzene rings is 2. The number of oxime groups is 1. The van der Waals surface area contributed by atoms with Gasteiger partial charge in [-0.25, -0.2) is 4.39 Å². The van der Waals surface area contributed by atoms with Crippen molar-refractivity contribution in [1.82, 2.24) is 0 Å². The lowest BCUT2D eigenvalue weighted by Crippen LogP contribution is -2.14. The van der Waals surface area contributed by atoms with E-state index in [1.54, 1.807) is 25.1 Å². The molecule has 4 nitrogen and oxygen atoms in total. The number of aryl methyl sites for hydroxylation is 1. The third-order valence-electron chi connectivity index (χ3n) is 2.70. The molecule has 6 heteroatoms. The summed E-state index contributed by atoms with van der Waals surface area (Å²) >= 11 is 5.87. The molecule has 0 amide bonds. The third kappa shape index (κ3) is 3.00. The van der Waals surface area contributed by atoms with Crippen molar-refractivity contribution in [2.45, 2.75) is 6.92 Å². The van der Waals surface area contributed by atoms with Crippen LogP contribution in [0.15, 0.2) is 41.6 Å². The van der Waals surface area contributed by atoms with E-state index in [2.05, 4.69) is 5.16 Å². The van der Waals surface area contributed by atoms with Crippen LogP contribution in [0.5, 0.6) is 11.5 Å². The Hall–Kier alpha value is -2.27. The molecule has 0 fully saturated rings. The number of nitrogens with two attached hydrogens (primary N) is 1. The van der Waals surface area contributed by atoms with E-state index in [0.717, 1.165) is 5.56 Å². The van der Waals surface area contributed by atoms with Crippen LogP contribution in [-0.2, 0) is 0 Å². The molecular weight excluding hydrogens is 283 g/mol. The molecule has 0 bridgehead atoms. The standard InChI is InChI=1S/C14H12ClFN2O2/c1-8-2-4-10(16)7-13(8)20-12-5-3-9(15)6-11(12)14(17)18-19/h2-7,19H,1H3,(H2,17,18). The van der Waals surface area contributed by atoms with Gasteiger partial charge in [-0.3, -0.25) is 0 Å². The minimum absolute atomic E-state index is 0.142. The summed E-state index contributed by atoms with van der Waals surface area (Å²) in [6.07, 6.45) is 0. The van der Waals surface area contributed by atoms with Crippen molar-refractivity contribution >= 4 is 17.4 Å². The molecule has 104 valence electrons. The molecule has 0 spiro atoms. The van der Waals surface area contributed by atoms with E-state index in [4.69, 9.17) is 27.3 Å². The number of hydrogen-bond donors (Lipinski definition) is 2. The van der Waals surface area contributed by atoms with E-state index >= 15 is 0 Å². The van der Waals surface area contributed by atoms with Crippen LogP contribution in [0.2, 0.25) is 5.02 Å². The smallest absolute Gasteiger partial charge is 0.173 e. The van der Waals surface area contributed by atoms with Gasteiger partial charge in [-0.15, -0.1) is 0 Å². The number of amidine groups is 1. The fourth-order valence-corrected chi connectivity index (χ4v) is 1.82. The van der Waals surface area contributed by atoms with Gasteiger partial charge in [0.05, 0.1) is 5.56 Å². The normalized spacial score (nSPS) is 11.4. The first-order valence-electron chi connectivity index (χ1n) is 5.72. The van der Waals surface area contributed by atoms with Gasteiger partial charge in [0.15, 0.2) is 5.84 Å². The summed E-state index contributed by atoms with van der Waals surface area (Å²) in [7, 11) is 0. The highest BCUT2D eigenvalue weighted by atomic mass is 35.5. The number of rotatable bonds is 3. The summed E-state index contributed by atoms with van der Waals surface area (Å²) in [6, 6.07) is 8.87. The van der Waals surface area contributed by atoms with Gasteiger partial charge in [-0.05, 0) is 36.8 Å². The summed E-state index contributed by atoms with van der Waals surface area (Å²) in [5.41, 5.74) is 6.65. The van der Waals surface area contributed by atoms with Crippen molar-refractivity contribution in [2.75, 3.05) is 0 Å². The average Bonchev–Trinajstić information content (AvgIpc) is 2.43. The van der Waals surface area contributed by atoms with Gasteiger partial charge in [0, 0.05) is 11.1 Å². The van der Waals surface area contributed by atoms with Gasteiger partial charge in [-0.2, -0.15) is 0 Å². The maximum Gasteiger partial charge on any atom is 0.173 e. The lowest BCUT2D eigenvalue weighted by atomic mass is 10.1. The predicted octanol–water partition coefficient (Wildman–Crippen LogP) is 3.67. The van der Waals surface area contributed by atoms with E-state index in [1.807, 2.05) is 0 Å². The second-order valence-corrected chi connectivity index (χ2v) is 4.57. The summed E-state index contributed by atoms with van der Waals surface area (Å²) in [6.45, 7) is 1.79. The first-order chi connectivity index (χ1) is 9.51. The van der Waals surface area contributed by atoms with Crippen LogP contribution in [0.25, 0.3) is 0 Å². The molecule has 0 aliphatic rings. The Kier molecular flexibility index (Phi) is 4.10. The van der Waals surface area contributed by atoms with Crippen molar-refractivity contribution in [1.29, 1.82) is 0 Å². The molecule has 0 aliphatic heterocycles. The van der Waals surface area contributed by atoms with Crippen molar-refractivity contribution in [2.24, 2.45) is 10.9 Å². The topological polar surface area (TPSA) is 67.8 Å². The summed E-state index contributed by atoms with van der Waals surface area (Å²) < 4.78 is 18.9. The average molecular weight is 295 g/mol. The van der Waals surface area contributed by atoms with Gasteiger partial charge in [-0.1, -0.05) is 22.8 Å². The molecule has 0 atom stereocenters. The van der Waals surface area contributed by atoms with Crippen molar-refractivity contribution < 1.29 is 14.3 Å². The van der Waals surface area contributed by atoms with Gasteiger partial charge in [0.25, 0.3) is 0 Å². The zero-order chi connectivity index (χ0) is 14.7. The molecule has 3 N–H and O–H groups in total. The Morgan fingerprint density at radius 2 is 2.00 bits per heavy atom.